The number of halogens is 3. The summed E-state index contributed by atoms with van der Waals surface area (Å²) in [6.45, 7) is 2.19. The number of carbonyl (C=O) groups is 1. The Morgan fingerprint density at radius 3 is 2.20 bits per heavy atom. The van der Waals surface area contributed by atoms with Crippen molar-refractivity contribution in [3.8, 4) is 0 Å². The minimum Gasteiger partial charge on any atom is -0.382 e. The number of carbonyl (C=O) groups excluding carboxylic acids is 1. The quantitative estimate of drug-likeness (QED) is 0.636. The number of hydrogen-bond donors (Lipinski definition) is 3. The lowest BCUT2D eigenvalue weighted by molar-refractivity contribution is -0.202. The van der Waals surface area contributed by atoms with Gasteiger partial charge in [0, 0.05) is 0 Å². The van der Waals surface area contributed by atoms with Crippen molar-refractivity contribution >= 4 is 5.91 Å². The summed E-state index contributed by atoms with van der Waals surface area (Å²) in [5, 5.41) is 13.3. The van der Waals surface area contributed by atoms with Crippen molar-refractivity contribution in [2.75, 3.05) is 13.6 Å². The third kappa shape index (κ3) is 4.48. The number of aliphatic hydroxyl groups excluding tert-OH is 1. The van der Waals surface area contributed by atoms with Gasteiger partial charge in [0.1, 0.15) is 0 Å². The van der Waals surface area contributed by atoms with E-state index in [0.29, 0.717) is 0 Å². The molecule has 0 aromatic heterocycles. The predicted octanol–water partition coefficient (Wildman–Crippen LogP) is 0.0238. The topological polar surface area (TPSA) is 61.4 Å². The van der Waals surface area contributed by atoms with Crippen LogP contribution in [-0.4, -0.2) is 42.4 Å². The molecule has 0 rings (SSSR count). The van der Waals surface area contributed by atoms with Gasteiger partial charge >= 0.3 is 6.18 Å². The van der Waals surface area contributed by atoms with Crippen LogP contribution in [0.4, 0.5) is 13.2 Å². The van der Waals surface area contributed by atoms with E-state index in [1.54, 1.807) is 0 Å². The lowest BCUT2D eigenvalue weighted by Gasteiger charge is -2.24. The van der Waals surface area contributed by atoms with Crippen molar-refractivity contribution in [3.05, 3.63) is 0 Å². The highest BCUT2D eigenvalue weighted by molar-refractivity contribution is 5.85. The molecule has 0 radical (unpaired) electrons. The summed E-state index contributed by atoms with van der Waals surface area (Å²) >= 11 is 0. The van der Waals surface area contributed by atoms with Crippen molar-refractivity contribution in [3.63, 3.8) is 0 Å². The molecule has 0 aromatic carbocycles. The number of likely N-dealkylation sites (N-methyl/N-ethyl adjacent to an activating group) is 1. The van der Waals surface area contributed by atoms with Gasteiger partial charge in [-0.2, -0.15) is 13.2 Å². The average molecular weight is 228 g/mol. The number of nitrogens with one attached hydrogen (secondary N) is 2. The molecular formula is C8H15F3N2O2. The van der Waals surface area contributed by atoms with Gasteiger partial charge in [-0.15, -0.1) is 0 Å². The molecule has 0 aliphatic carbocycles. The van der Waals surface area contributed by atoms with Gasteiger partial charge in [-0.3, -0.25) is 4.79 Å². The fourth-order valence-corrected chi connectivity index (χ4v) is 0.640. The highest BCUT2D eigenvalue weighted by atomic mass is 19.4. The first-order chi connectivity index (χ1) is 6.61. The number of aliphatic hydroxyl groups is 1. The normalized spacial score (nSPS) is 14.9. The molecule has 3 N–H and O–H groups in total. The van der Waals surface area contributed by atoms with Crippen molar-refractivity contribution < 1.29 is 23.1 Å². The first-order valence-corrected chi connectivity index (χ1v) is 4.33. The Kier molecular flexibility index (Phi) is 4.54. The molecule has 7 heteroatoms. The van der Waals surface area contributed by atoms with E-state index in [0.717, 1.165) is 0 Å². The average Bonchev–Trinajstić information content (AvgIpc) is 2.11. The van der Waals surface area contributed by atoms with E-state index in [2.05, 4.69) is 5.32 Å². The van der Waals surface area contributed by atoms with Crippen LogP contribution in [0.5, 0.6) is 0 Å². The van der Waals surface area contributed by atoms with Gasteiger partial charge < -0.3 is 15.7 Å². The summed E-state index contributed by atoms with van der Waals surface area (Å²) in [7, 11) is 1.51. The molecule has 0 heterocycles. The summed E-state index contributed by atoms with van der Waals surface area (Å²) in [6.07, 6.45) is -7.24. The van der Waals surface area contributed by atoms with E-state index in [1.165, 1.54) is 20.9 Å². The van der Waals surface area contributed by atoms with E-state index >= 15 is 0 Å². The van der Waals surface area contributed by atoms with Gasteiger partial charge in [-0.05, 0) is 20.9 Å². The Hall–Kier alpha value is -0.820. The zero-order chi connectivity index (χ0) is 12.3. The van der Waals surface area contributed by atoms with Gasteiger partial charge in [0.05, 0.1) is 12.1 Å². The summed E-state index contributed by atoms with van der Waals surface area (Å²) in [5.41, 5.74) is -0.967. The van der Waals surface area contributed by atoms with Crippen molar-refractivity contribution in [1.82, 2.24) is 10.6 Å². The maximum atomic E-state index is 11.9. The van der Waals surface area contributed by atoms with Gasteiger partial charge in [0.15, 0.2) is 6.10 Å². The minimum atomic E-state index is -4.71. The molecule has 0 saturated heterocycles. The molecule has 1 atom stereocenters. The van der Waals surface area contributed by atoms with Crippen LogP contribution in [0.3, 0.4) is 0 Å². The lowest BCUT2D eigenvalue weighted by Crippen LogP contribution is -2.53. The number of alkyl halides is 3. The molecule has 1 amide bonds. The first kappa shape index (κ1) is 14.2. The molecule has 0 fully saturated rings. The van der Waals surface area contributed by atoms with E-state index in [-0.39, 0.29) is 0 Å². The zero-order valence-electron chi connectivity index (χ0n) is 8.77. The summed E-state index contributed by atoms with van der Waals surface area (Å²) in [6, 6.07) is 0. The molecule has 0 aliphatic heterocycles. The van der Waals surface area contributed by atoms with E-state index in [4.69, 9.17) is 5.11 Å². The van der Waals surface area contributed by atoms with Crippen LogP contribution in [0.15, 0.2) is 0 Å². The number of amides is 1. The SMILES string of the molecule is CNC(C)(C)C(=O)NCC(O)C(F)(F)F. The first-order valence-electron chi connectivity index (χ1n) is 4.33. The van der Waals surface area contributed by atoms with Crippen LogP contribution < -0.4 is 10.6 Å². The van der Waals surface area contributed by atoms with Crippen molar-refractivity contribution in [2.24, 2.45) is 0 Å². The highest BCUT2D eigenvalue weighted by Crippen LogP contribution is 2.19. The molecule has 0 aromatic rings. The molecule has 0 bridgehead atoms. The van der Waals surface area contributed by atoms with Crippen LogP contribution in [0.2, 0.25) is 0 Å². The Bertz CT molecular complexity index is 228. The maximum Gasteiger partial charge on any atom is 0.416 e. The molecule has 15 heavy (non-hydrogen) atoms. The fraction of sp³-hybridized carbons (Fsp3) is 0.875. The predicted molar refractivity (Wildman–Crippen MR) is 48.2 cm³/mol. The summed E-state index contributed by atoms with van der Waals surface area (Å²) < 4.78 is 35.6. The van der Waals surface area contributed by atoms with Crippen molar-refractivity contribution in [1.29, 1.82) is 0 Å². The second kappa shape index (κ2) is 4.80. The van der Waals surface area contributed by atoms with Crippen LogP contribution >= 0.6 is 0 Å². The molecule has 1 unspecified atom stereocenters. The Morgan fingerprint density at radius 2 is 1.87 bits per heavy atom. The molecule has 0 aliphatic rings. The maximum absolute atomic E-state index is 11.9. The smallest absolute Gasteiger partial charge is 0.382 e. The standard InChI is InChI=1S/C8H15F3N2O2/c1-7(2,12-3)6(15)13-4-5(14)8(9,10)11/h5,12,14H,4H2,1-3H3,(H,13,15). The Morgan fingerprint density at radius 1 is 1.40 bits per heavy atom. The summed E-state index contributed by atoms with van der Waals surface area (Å²) in [5.74, 6) is -0.603. The third-order valence-corrected chi connectivity index (χ3v) is 2.03. The van der Waals surface area contributed by atoms with Crippen LogP contribution in [-0.2, 0) is 4.79 Å². The number of rotatable bonds is 4. The monoisotopic (exact) mass is 228 g/mol. The molecular weight excluding hydrogens is 213 g/mol. The van der Waals surface area contributed by atoms with E-state index in [1.807, 2.05) is 5.32 Å². The van der Waals surface area contributed by atoms with E-state index in [9.17, 15) is 18.0 Å². The highest BCUT2D eigenvalue weighted by Gasteiger charge is 2.38. The van der Waals surface area contributed by atoms with Crippen LogP contribution in [0, 0.1) is 0 Å². The molecule has 0 spiro atoms. The molecule has 0 saturated carbocycles. The number of hydrogen-bond acceptors (Lipinski definition) is 3. The van der Waals surface area contributed by atoms with Crippen molar-refractivity contribution in [2.45, 2.75) is 31.7 Å². The van der Waals surface area contributed by atoms with E-state index < -0.39 is 30.3 Å². The van der Waals surface area contributed by atoms with Crippen LogP contribution in [0.25, 0.3) is 0 Å². The van der Waals surface area contributed by atoms with Gasteiger partial charge in [-0.1, -0.05) is 0 Å². The Balaban J connectivity index is 4.13. The minimum absolute atomic E-state index is 0.603. The van der Waals surface area contributed by atoms with Crippen LogP contribution in [0.1, 0.15) is 13.8 Å². The lowest BCUT2D eigenvalue weighted by atomic mass is 10.1. The van der Waals surface area contributed by atoms with Gasteiger partial charge in [0.25, 0.3) is 0 Å². The zero-order valence-corrected chi connectivity index (χ0v) is 8.77. The largest absolute Gasteiger partial charge is 0.416 e. The molecule has 4 nitrogen and oxygen atoms in total. The van der Waals surface area contributed by atoms with Gasteiger partial charge in [-0.25, -0.2) is 0 Å². The molecule has 90 valence electrons. The fourth-order valence-electron chi connectivity index (χ4n) is 0.640. The Labute approximate surface area is 85.8 Å². The summed E-state index contributed by atoms with van der Waals surface area (Å²) in [4.78, 5) is 11.3. The second-order valence-electron chi connectivity index (χ2n) is 3.64. The third-order valence-electron chi connectivity index (χ3n) is 2.03. The second-order valence-corrected chi connectivity index (χ2v) is 3.64. The van der Waals surface area contributed by atoms with Gasteiger partial charge in [0.2, 0.25) is 5.91 Å².